The van der Waals surface area contributed by atoms with Crippen molar-refractivity contribution in [2.75, 3.05) is 6.54 Å². The van der Waals surface area contributed by atoms with Crippen LogP contribution in [-0.2, 0) is 6.42 Å². The summed E-state index contributed by atoms with van der Waals surface area (Å²) in [7, 11) is 0. The standard InChI is InChI=1S/C16H20N2/c1-3-17-13(2)15-9-7-14(8-10-15)12-16-6-4-5-11-18-16/h4-11,13,17H,3,12H2,1-2H3. The van der Waals surface area contributed by atoms with E-state index >= 15 is 0 Å². The van der Waals surface area contributed by atoms with Crippen LogP contribution in [0.15, 0.2) is 48.7 Å². The molecule has 0 aliphatic carbocycles. The van der Waals surface area contributed by atoms with E-state index in [2.05, 4.69) is 54.5 Å². The van der Waals surface area contributed by atoms with Crippen molar-refractivity contribution in [3.05, 3.63) is 65.5 Å². The third-order valence-corrected chi connectivity index (χ3v) is 3.10. The highest BCUT2D eigenvalue weighted by Gasteiger charge is 2.03. The lowest BCUT2D eigenvalue weighted by molar-refractivity contribution is 0.598. The minimum atomic E-state index is 0.416. The second kappa shape index (κ2) is 6.31. The summed E-state index contributed by atoms with van der Waals surface area (Å²) in [5.74, 6) is 0. The molecule has 0 saturated carbocycles. The zero-order valence-corrected chi connectivity index (χ0v) is 11.1. The van der Waals surface area contributed by atoms with Crippen LogP contribution in [0, 0.1) is 0 Å². The van der Waals surface area contributed by atoms with E-state index in [4.69, 9.17) is 0 Å². The molecule has 2 heteroatoms. The minimum absolute atomic E-state index is 0.416. The van der Waals surface area contributed by atoms with Crippen molar-refractivity contribution in [1.82, 2.24) is 10.3 Å². The van der Waals surface area contributed by atoms with Gasteiger partial charge >= 0.3 is 0 Å². The lowest BCUT2D eigenvalue weighted by Crippen LogP contribution is -2.17. The van der Waals surface area contributed by atoms with Crippen LogP contribution >= 0.6 is 0 Å². The first-order valence-corrected chi connectivity index (χ1v) is 6.51. The molecular weight excluding hydrogens is 220 g/mol. The van der Waals surface area contributed by atoms with Crippen molar-refractivity contribution < 1.29 is 0 Å². The third kappa shape index (κ3) is 3.41. The molecule has 0 fully saturated rings. The van der Waals surface area contributed by atoms with E-state index in [9.17, 15) is 0 Å². The Labute approximate surface area is 109 Å². The van der Waals surface area contributed by atoms with Crippen molar-refractivity contribution in [3.63, 3.8) is 0 Å². The summed E-state index contributed by atoms with van der Waals surface area (Å²) in [5.41, 5.74) is 3.76. The van der Waals surface area contributed by atoms with Gasteiger partial charge in [-0.15, -0.1) is 0 Å². The van der Waals surface area contributed by atoms with Crippen LogP contribution in [0.5, 0.6) is 0 Å². The van der Waals surface area contributed by atoms with Gasteiger partial charge in [-0.3, -0.25) is 4.98 Å². The second-order valence-corrected chi connectivity index (χ2v) is 4.52. The molecule has 1 N–H and O–H groups in total. The zero-order valence-electron chi connectivity index (χ0n) is 11.1. The summed E-state index contributed by atoms with van der Waals surface area (Å²) in [6.45, 7) is 5.32. The third-order valence-electron chi connectivity index (χ3n) is 3.10. The van der Waals surface area contributed by atoms with Gasteiger partial charge in [0.05, 0.1) is 0 Å². The van der Waals surface area contributed by atoms with E-state index < -0.39 is 0 Å². The van der Waals surface area contributed by atoms with Crippen molar-refractivity contribution in [1.29, 1.82) is 0 Å². The maximum Gasteiger partial charge on any atom is 0.0447 e. The largest absolute Gasteiger partial charge is 0.310 e. The first kappa shape index (κ1) is 12.8. The number of rotatable bonds is 5. The lowest BCUT2D eigenvalue weighted by atomic mass is 10.0. The van der Waals surface area contributed by atoms with Crippen molar-refractivity contribution in [3.8, 4) is 0 Å². The number of aromatic nitrogens is 1. The molecule has 1 unspecified atom stereocenters. The van der Waals surface area contributed by atoms with Crippen LogP contribution in [0.25, 0.3) is 0 Å². The highest BCUT2D eigenvalue weighted by atomic mass is 14.9. The first-order chi connectivity index (χ1) is 8.79. The number of benzene rings is 1. The molecule has 1 heterocycles. The fraction of sp³-hybridized carbons (Fsp3) is 0.312. The quantitative estimate of drug-likeness (QED) is 0.867. The average molecular weight is 240 g/mol. The second-order valence-electron chi connectivity index (χ2n) is 4.52. The monoisotopic (exact) mass is 240 g/mol. The zero-order chi connectivity index (χ0) is 12.8. The van der Waals surface area contributed by atoms with Crippen LogP contribution in [0.3, 0.4) is 0 Å². The summed E-state index contributed by atoms with van der Waals surface area (Å²) in [6, 6.07) is 15.2. The summed E-state index contributed by atoms with van der Waals surface area (Å²) in [4.78, 5) is 4.35. The molecule has 2 aromatic rings. The van der Waals surface area contributed by atoms with Gasteiger partial charge in [-0.25, -0.2) is 0 Å². The number of nitrogens with zero attached hydrogens (tertiary/aromatic N) is 1. The molecule has 18 heavy (non-hydrogen) atoms. The average Bonchev–Trinajstić information content (AvgIpc) is 2.41. The molecule has 1 aromatic heterocycles. The molecule has 0 saturated heterocycles. The van der Waals surface area contributed by atoms with Crippen LogP contribution < -0.4 is 5.32 Å². The predicted octanol–water partition coefficient (Wildman–Crippen LogP) is 3.34. The SMILES string of the molecule is CCNC(C)c1ccc(Cc2ccccn2)cc1. The van der Waals surface area contributed by atoms with E-state index in [0.29, 0.717) is 6.04 Å². The fourth-order valence-electron chi connectivity index (χ4n) is 2.06. The van der Waals surface area contributed by atoms with Gasteiger partial charge in [-0.2, -0.15) is 0 Å². The predicted molar refractivity (Wildman–Crippen MR) is 75.6 cm³/mol. The van der Waals surface area contributed by atoms with E-state index in [-0.39, 0.29) is 0 Å². The Balaban J connectivity index is 2.04. The minimum Gasteiger partial charge on any atom is -0.310 e. The van der Waals surface area contributed by atoms with Gasteiger partial charge in [0.25, 0.3) is 0 Å². The Bertz CT molecular complexity index is 462. The molecule has 0 amide bonds. The molecule has 1 atom stereocenters. The number of pyridine rings is 1. The van der Waals surface area contributed by atoms with E-state index in [1.54, 1.807) is 0 Å². The molecule has 1 aromatic carbocycles. The van der Waals surface area contributed by atoms with Crippen molar-refractivity contribution >= 4 is 0 Å². The van der Waals surface area contributed by atoms with Gasteiger partial charge in [0.2, 0.25) is 0 Å². The maximum absolute atomic E-state index is 4.35. The Kier molecular flexibility index (Phi) is 4.48. The van der Waals surface area contributed by atoms with Crippen LogP contribution in [-0.4, -0.2) is 11.5 Å². The highest BCUT2D eigenvalue weighted by molar-refractivity contribution is 5.27. The molecule has 0 aliphatic heterocycles. The van der Waals surface area contributed by atoms with Gasteiger partial charge in [0.15, 0.2) is 0 Å². The smallest absolute Gasteiger partial charge is 0.0447 e. The summed E-state index contributed by atoms with van der Waals surface area (Å²) < 4.78 is 0. The Morgan fingerprint density at radius 1 is 1.11 bits per heavy atom. The van der Waals surface area contributed by atoms with E-state index in [1.165, 1.54) is 11.1 Å². The van der Waals surface area contributed by atoms with Gasteiger partial charge in [-0.05, 0) is 36.7 Å². The molecule has 0 radical (unpaired) electrons. The van der Waals surface area contributed by atoms with Crippen LogP contribution in [0.4, 0.5) is 0 Å². The molecule has 2 nitrogen and oxygen atoms in total. The lowest BCUT2D eigenvalue weighted by Gasteiger charge is -2.13. The molecule has 0 spiro atoms. The van der Waals surface area contributed by atoms with E-state index in [0.717, 1.165) is 18.7 Å². The normalized spacial score (nSPS) is 12.3. The summed E-state index contributed by atoms with van der Waals surface area (Å²) in [6.07, 6.45) is 2.74. The summed E-state index contributed by atoms with van der Waals surface area (Å²) in [5, 5.41) is 3.42. The first-order valence-electron chi connectivity index (χ1n) is 6.51. The Morgan fingerprint density at radius 2 is 1.89 bits per heavy atom. The molecule has 0 aliphatic rings. The molecule has 0 bridgehead atoms. The topological polar surface area (TPSA) is 24.9 Å². The molecule has 94 valence electrons. The van der Waals surface area contributed by atoms with Gasteiger partial charge in [-0.1, -0.05) is 37.3 Å². The maximum atomic E-state index is 4.35. The Morgan fingerprint density at radius 3 is 2.50 bits per heavy atom. The number of nitrogens with one attached hydrogen (secondary N) is 1. The molecule has 2 rings (SSSR count). The fourth-order valence-corrected chi connectivity index (χ4v) is 2.06. The van der Waals surface area contributed by atoms with Crippen LogP contribution in [0.1, 0.15) is 36.7 Å². The van der Waals surface area contributed by atoms with Crippen molar-refractivity contribution in [2.24, 2.45) is 0 Å². The highest BCUT2D eigenvalue weighted by Crippen LogP contribution is 2.14. The van der Waals surface area contributed by atoms with Gasteiger partial charge in [0.1, 0.15) is 0 Å². The van der Waals surface area contributed by atoms with Crippen molar-refractivity contribution in [2.45, 2.75) is 26.3 Å². The van der Waals surface area contributed by atoms with Crippen LogP contribution in [0.2, 0.25) is 0 Å². The summed E-state index contributed by atoms with van der Waals surface area (Å²) >= 11 is 0. The van der Waals surface area contributed by atoms with E-state index in [1.807, 2.05) is 18.3 Å². The number of hydrogen-bond donors (Lipinski definition) is 1. The number of hydrogen-bond acceptors (Lipinski definition) is 2. The van der Waals surface area contributed by atoms with Gasteiger partial charge in [0, 0.05) is 24.4 Å². The Hall–Kier alpha value is -1.67. The molecular formula is C16H20N2. The van der Waals surface area contributed by atoms with Gasteiger partial charge < -0.3 is 5.32 Å².